The lowest BCUT2D eigenvalue weighted by Crippen LogP contribution is -2.54. The van der Waals surface area contributed by atoms with E-state index in [4.69, 9.17) is 0 Å². The molecule has 0 saturated carbocycles. The smallest absolute Gasteiger partial charge is 0.337 e. The van der Waals surface area contributed by atoms with E-state index in [1.165, 1.54) is 9.47 Å². The number of carbonyl (C=O) groups excluding carboxylic acids is 2. The summed E-state index contributed by atoms with van der Waals surface area (Å²) in [5, 5.41) is 13.5. The van der Waals surface area contributed by atoms with Crippen LogP contribution in [0.3, 0.4) is 0 Å². The maximum Gasteiger partial charge on any atom is 0.337 e. The van der Waals surface area contributed by atoms with Gasteiger partial charge in [-0.25, -0.2) is 14.2 Å². The molecule has 2 fully saturated rings. The van der Waals surface area contributed by atoms with Gasteiger partial charge in [-0.2, -0.15) is 0 Å². The Balaban J connectivity index is 1.46. The number of benzene rings is 1. The molecule has 2 saturated heterocycles. The number of amides is 2. The van der Waals surface area contributed by atoms with Gasteiger partial charge in [0.15, 0.2) is 0 Å². The van der Waals surface area contributed by atoms with Crippen molar-refractivity contribution in [1.82, 2.24) is 24.3 Å². The van der Waals surface area contributed by atoms with E-state index >= 15 is 0 Å². The predicted molar refractivity (Wildman–Crippen MR) is 122 cm³/mol. The van der Waals surface area contributed by atoms with Gasteiger partial charge in [-0.1, -0.05) is 12.1 Å². The van der Waals surface area contributed by atoms with Crippen LogP contribution in [0.4, 0.5) is 4.79 Å². The molecule has 2 bridgehead atoms. The average Bonchev–Trinajstić information content (AvgIpc) is 3.16. The summed E-state index contributed by atoms with van der Waals surface area (Å²) in [5.74, 6) is 0. The van der Waals surface area contributed by atoms with Gasteiger partial charge in [0.25, 0.3) is 0 Å². The van der Waals surface area contributed by atoms with Crippen LogP contribution in [0.2, 0.25) is 0 Å². The van der Waals surface area contributed by atoms with Crippen molar-refractivity contribution in [3.8, 4) is 0 Å². The van der Waals surface area contributed by atoms with Crippen molar-refractivity contribution >= 4 is 23.5 Å². The van der Waals surface area contributed by atoms with Crippen LogP contribution in [0.1, 0.15) is 45.6 Å². The second-order valence-corrected chi connectivity index (χ2v) is 9.47. The van der Waals surface area contributed by atoms with E-state index in [0.29, 0.717) is 18.6 Å². The molecular weight excluding hydrogens is 410 g/mol. The maximum absolute atomic E-state index is 13.2. The third-order valence-corrected chi connectivity index (χ3v) is 6.81. The highest BCUT2D eigenvalue weighted by molar-refractivity contribution is 5.89. The van der Waals surface area contributed by atoms with Crippen molar-refractivity contribution < 1.29 is 14.7 Å². The fraction of sp³-hybridized carbons (Fsp3) is 0.609. The highest BCUT2D eigenvalue weighted by atomic mass is 16.3. The standard InChI is InChI=1S/C23H33N5O4/c1-15(2)27-20-6-4-5-7-21(20)28(23(27)32)22(31)24-16-10-17-8-9-18(11-16)26(17)13-19(30)12-25(3)14-29/h4-7,14-19,30H,8-13H2,1-3H3,(H,24,31). The summed E-state index contributed by atoms with van der Waals surface area (Å²) in [6, 6.07) is 7.50. The topological polar surface area (TPSA) is 99.8 Å². The zero-order valence-electron chi connectivity index (χ0n) is 19.0. The van der Waals surface area contributed by atoms with Gasteiger partial charge < -0.3 is 15.3 Å². The number of hydrogen-bond donors (Lipinski definition) is 2. The Morgan fingerprint density at radius 3 is 2.44 bits per heavy atom. The molecule has 1 aromatic carbocycles. The number of imidazole rings is 1. The highest BCUT2D eigenvalue weighted by Gasteiger charge is 2.42. The number of nitrogens with zero attached hydrogens (tertiary/aromatic N) is 4. The summed E-state index contributed by atoms with van der Waals surface area (Å²) in [4.78, 5) is 40.8. The predicted octanol–water partition coefficient (Wildman–Crippen LogP) is 1.39. The third kappa shape index (κ3) is 4.19. The first kappa shape index (κ1) is 22.5. The molecule has 9 heteroatoms. The van der Waals surface area contributed by atoms with Crippen LogP contribution >= 0.6 is 0 Å². The van der Waals surface area contributed by atoms with Gasteiger partial charge in [-0.3, -0.25) is 14.3 Å². The van der Waals surface area contributed by atoms with E-state index in [1.807, 2.05) is 32.0 Å². The second kappa shape index (κ2) is 9.07. The fourth-order valence-electron chi connectivity index (χ4n) is 5.47. The molecule has 1 aromatic heterocycles. The largest absolute Gasteiger partial charge is 0.390 e. The minimum absolute atomic E-state index is 0.0147. The Hall–Kier alpha value is -2.65. The number of nitrogens with one attached hydrogen (secondary N) is 1. The summed E-state index contributed by atoms with van der Waals surface area (Å²) in [6.45, 7) is 4.70. The second-order valence-electron chi connectivity index (χ2n) is 9.47. The zero-order chi connectivity index (χ0) is 23.0. The van der Waals surface area contributed by atoms with Crippen LogP contribution in [-0.4, -0.2) is 80.8 Å². The van der Waals surface area contributed by atoms with Crippen molar-refractivity contribution in [2.75, 3.05) is 20.1 Å². The van der Waals surface area contributed by atoms with Gasteiger partial charge in [-0.15, -0.1) is 0 Å². The zero-order valence-corrected chi connectivity index (χ0v) is 19.0. The lowest BCUT2D eigenvalue weighted by Gasteiger charge is -2.40. The van der Waals surface area contributed by atoms with Gasteiger partial charge in [0.2, 0.25) is 6.41 Å². The van der Waals surface area contributed by atoms with Gasteiger partial charge in [0.05, 0.1) is 17.1 Å². The van der Waals surface area contributed by atoms with E-state index in [-0.39, 0.29) is 35.9 Å². The molecule has 3 atom stereocenters. The van der Waals surface area contributed by atoms with Crippen LogP contribution in [0, 0.1) is 0 Å². The van der Waals surface area contributed by atoms with Crippen molar-refractivity contribution in [2.24, 2.45) is 0 Å². The van der Waals surface area contributed by atoms with Crippen molar-refractivity contribution in [3.05, 3.63) is 34.7 Å². The first-order valence-corrected chi connectivity index (χ1v) is 11.4. The highest BCUT2D eigenvalue weighted by Crippen LogP contribution is 2.35. The van der Waals surface area contributed by atoms with E-state index in [9.17, 15) is 19.5 Å². The number of piperidine rings is 1. The number of hydrogen-bond acceptors (Lipinski definition) is 5. The minimum atomic E-state index is -0.597. The van der Waals surface area contributed by atoms with Crippen molar-refractivity contribution in [1.29, 1.82) is 0 Å². The van der Waals surface area contributed by atoms with Gasteiger partial charge in [-0.05, 0) is 51.7 Å². The molecule has 0 aliphatic carbocycles. The summed E-state index contributed by atoms with van der Waals surface area (Å²) < 4.78 is 2.90. The molecule has 2 amide bonds. The van der Waals surface area contributed by atoms with Gasteiger partial charge in [0, 0.05) is 44.3 Å². The van der Waals surface area contributed by atoms with E-state index in [0.717, 1.165) is 37.6 Å². The number of likely N-dealkylation sites (N-methyl/N-ethyl adjacent to an activating group) is 1. The molecule has 3 unspecified atom stereocenters. The molecule has 0 spiro atoms. The normalized spacial score (nSPS) is 24.1. The number of aliphatic hydroxyl groups is 1. The van der Waals surface area contributed by atoms with E-state index in [1.54, 1.807) is 17.7 Å². The maximum atomic E-state index is 13.2. The van der Waals surface area contributed by atoms with Crippen LogP contribution in [0.5, 0.6) is 0 Å². The number of rotatable bonds is 7. The Kier molecular flexibility index (Phi) is 6.39. The number of aliphatic hydroxyl groups excluding tert-OH is 1. The number of fused-ring (bicyclic) bond motifs is 3. The van der Waals surface area contributed by atoms with Gasteiger partial charge >= 0.3 is 11.7 Å². The average molecular weight is 444 g/mol. The lowest BCUT2D eigenvalue weighted by atomic mass is 9.97. The molecule has 2 aliphatic rings. The SMILES string of the molecule is CC(C)n1c(=O)n(C(=O)NC2CC3CCC(C2)N3CC(O)CN(C)C=O)c2ccccc21. The molecule has 4 rings (SSSR count). The molecule has 174 valence electrons. The molecule has 2 aromatic rings. The molecular formula is C23H33N5O4. The number of aromatic nitrogens is 2. The number of carbonyl (C=O) groups is 2. The Bertz CT molecular complexity index is 1030. The Labute approximate surface area is 187 Å². The molecule has 32 heavy (non-hydrogen) atoms. The van der Waals surface area contributed by atoms with E-state index < -0.39 is 6.10 Å². The summed E-state index contributed by atoms with van der Waals surface area (Å²) in [7, 11) is 1.66. The monoisotopic (exact) mass is 443 g/mol. The molecule has 3 heterocycles. The van der Waals surface area contributed by atoms with Crippen molar-refractivity contribution in [3.63, 3.8) is 0 Å². The molecule has 2 N–H and O–H groups in total. The van der Waals surface area contributed by atoms with Crippen LogP contribution in [-0.2, 0) is 4.79 Å². The summed E-state index contributed by atoms with van der Waals surface area (Å²) >= 11 is 0. The quantitative estimate of drug-likeness (QED) is 0.630. The van der Waals surface area contributed by atoms with Gasteiger partial charge in [0.1, 0.15) is 0 Å². The number of para-hydroxylation sites is 2. The van der Waals surface area contributed by atoms with E-state index in [2.05, 4.69) is 10.2 Å². The molecule has 9 nitrogen and oxygen atoms in total. The molecule has 2 aliphatic heterocycles. The lowest BCUT2D eigenvalue weighted by molar-refractivity contribution is -0.118. The van der Waals surface area contributed by atoms with Crippen LogP contribution in [0.25, 0.3) is 11.0 Å². The minimum Gasteiger partial charge on any atom is -0.390 e. The Morgan fingerprint density at radius 1 is 1.22 bits per heavy atom. The first-order valence-electron chi connectivity index (χ1n) is 11.4. The fourth-order valence-corrected chi connectivity index (χ4v) is 5.47. The Morgan fingerprint density at radius 2 is 1.84 bits per heavy atom. The molecule has 0 radical (unpaired) electrons. The van der Waals surface area contributed by atoms with Crippen LogP contribution < -0.4 is 11.0 Å². The van der Waals surface area contributed by atoms with Crippen molar-refractivity contribution in [2.45, 2.75) is 69.8 Å². The first-order chi connectivity index (χ1) is 15.3. The summed E-state index contributed by atoms with van der Waals surface area (Å²) in [5.41, 5.74) is 1.06. The third-order valence-electron chi connectivity index (χ3n) is 6.81. The van der Waals surface area contributed by atoms with Crippen LogP contribution in [0.15, 0.2) is 29.1 Å². The summed E-state index contributed by atoms with van der Waals surface area (Å²) in [6.07, 6.45) is 3.75.